The predicted octanol–water partition coefficient (Wildman–Crippen LogP) is 2.85. The van der Waals surface area contributed by atoms with Crippen molar-refractivity contribution < 1.29 is 9.53 Å². The van der Waals surface area contributed by atoms with Crippen LogP contribution in [0.1, 0.15) is 33.1 Å². The van der Waals surface area contributed by atoms with Gasteiger partial charge in [0.1, 0.15) is 0 Å². The van der Waals surface area contributed by atoms with Crippen LogP contribution in [0.3, 0.4) is 0 Å². The third-order valence-corrected chi connectivity index (χ3v) is 2.80. The summed E-state index contributed by atoms with van der Waals surface area (Å²) < 4.78 is 4.70. The zero-order valence-electron chi connectivity index (χ0n) is 9.17. The van der Waals surface area contributed by atoms with Gasteiger partial charge in [-0.1, -0.05) is 25.5 Å². The first-order valence-electron chi connectivity index (χ1n) is 5.18. The van der Waals surface area contributed by atoms with E-state index in [1.54, 1.807) is 0 Å². The number of esters is 1. The molecule has 0 radical (unpaired) electrons. The minimum Gasteiger partial charge on any atom is -0.465 e. The second-order valence-electron chi connectivity index (χ2n) is 3.72. The molecule has 0 spiro atoms. The Balaban J connectivity index is 2.77. The molecule has 14 heavy (non-hydrogen) atoms. The molecule has 0 heterocycles. The van der Waals surface area contributed by atoms with Crippen molar-refractivity contribution in [2.75, 3.05) is 7.11 Å². The quantitative estimate of drug-likeness (QED) is 0.646. The first-order valence-corrected chi connectivity index (χ1v) is 5.18. The summed E-state index contributed by atoms with van der Waals surface area (Å²) in [6, 6.07) is 0. The molecule has 0 aliphatic heterocycles. The average Bonchev–Trinajstić information content (AvgIpc) is 2.27. The molecule has 0 fully saturated rings. The lowest BCUT2D eigenvalue weighted by molar-refractivity contribution is -0.135. The Morgan fingerprint density at radius 2 is 2.36 bits per heavy atom. The molecule has 0 amide bonds. The third kappa shape index (κ3) is 2.47. The van der Waals surface area contributed by atoms with E-state index in [0.717, 1.165) is 19.3 Å². The maximum Gasteiger partial charge on any atom is 0.337 e. The molecule has 0 bridgehead atoms. The van der Waals surface area contributed by atoms with Crippen molar-refractivity contribution in [3.63, 3.8) is 0 Å². The summed E-state index contributed by atoms with van der Waals surface area (Å²) in [4.78, 5) is 11.3. The Labute approximate surface area is 85.6 Å². The molecule has 0 saturated carbocycles. The second-order valence-corrected chi connectivity index (χ2v) is 3.72. The number of allylic oxidation sites excluding steroid dienone is 2. The van der Waals surface area contributed by atoms with Crippen molar-refractivity contribution in [2.45, 2.75) is 33.1 Å². The summed E-state index contributed by atoms with van der Waals surface area (Å²) in [6.45, 7) is 4.37. The summed E-state index contributed by atoms with van der Waals surface area (Å²) in [5.41, 5.74) is 2.09. The number of hydrogen-bond donors (Lipinski definition) is 0. The van der Waals surface area contributed by atoms with E-state index in [1.807, 2.05) is 12.2 Å². The van der Waals surface area contributed by atoms with Gasteiger partial charge >= 0.3 is 5.97 Å². The molecular formula is C12H18O2. The first kappa shape index (κ1) is 11.0. The average molecular weight is 194 g/mol. The van der Waals surface area contributed by atoms with Gasteiger partial charge in [0.05, 0.1) is 12.7 Å². The van der Waals surface area contributed by atoms with Crippen LogP contribution in [-0.4, -0.2) is 13.1 Å². The Kier molecular flexibility index (Phi) is 3.93. The largest absolute Gasteiger partial charge is 0.465 e. The molecule has 0 aromatic heterocycles. The van der Waals surface area contributed by atoms with E-state index >= 15 is 0 Å². The van der Waals surface area contributed by atoms with Gasteiger partial charge in [-0.05, 0) is 31.3 Å². The molecule has 1 rings (SSSR count). The molecular weight excluding hydrogens is 176 g/mol. The minimum atomic E-state index is -0.217. The molecule has 1 atom stereocenters. The Hall–Kier alpha value is -1.05. The molecule has 0 aromatic rings. The fraction of sp³-hybridized carbons (Fsp3) is 0.583. The first-order chi connectivity index (χ1) is 6.69. The summed E-state index contributed by atoms with van der Waals surface area (Å²) in [5, 5.41) is 0. The fourth-order valence-corrected chi connectivity index (χ4v) is 1.64. The smallest absolute Gasteiger partial charge is 0.337 e. The van der Waals surface area contributed by atoms with Crippen molar-refractivity contribution in [1.29, 1.82) is 0 Å². The zero-order chi connectivity index (χ0) is 10.6. The molecule has 1 aliphatic carbocycles. The SMILES string of the molecule is CCC(C)C1=CC(C(=O)OC)=CCC1. The van der Waals surface area contributed by atoms with E-state index in [4.69, 9.17) is 4.74 Å². The minimum absolute atomic E-state index is 0.217. The van der Waals surface area contributed by atoms with Crippen molar-refractivity contribution in [2.24, 2.45) is 5.92 Å². The van der Waals surface area contributed by atoms with Crippen LogP contribution in [0.25, 0.3) is 0 Å². The lowest BCUT2D eigenvalue weighted by Gasteiger charge is -2.17. The maximum absolute atomic E-state index is 11.3. The van der Waals surface area contributed by atoms with Gasteiger partial charge in [-0.2, -0.15) is 0 Å². The van der Waals surface area contributed by atoms with Gasteiger partial charge < -0.3 is 4.74 Å². The fourth-order valence-electron chi connectivity index (χ4n) is 1.64. The van der Waals surface area contributed by atoms with E-state index in [2.05, 4.69) is 13.8 Å². The van der Waals surface area contributed by atoms with Crippen molar-refractivity contribution in [3.8, 4) is 0 Å². The van der Waals surface area contributed by atoms with Crippen molar-refractivity contribution in [3.05, 3.63) is 23.3 Å². The van der Waals surface area contributed by atoms with Crippen LogP contribution in [0.2, 0.25) is 0 Å². The predicted molar refractivity (Wildman–Crippen MR) is 56.9 cm³/mol. The standard InChI is InChI=1S/C12H18O2/c1-4-9(2)10-6-5-7-11(8-10)12(13)14-3/h7-9H,4-6H2,1-3H3. The van der Waals surface area contributed by atoms with Crippen LogP contribution < -0.4 is 0 Å². The van der Waals surface area contributed by atoms with Gasteiger partial charge in [-0.15, -0.1) is 0 Å². The normalized spacial score (nSPS) is 18.2. The number of methoxy groups -OCH3 is 1. The highest BCUT2D eigenvalue weighted by Gasteiger charge is 2.15. The van der Waals surface area contributed by atoms with E-state index in [-0.39, 0.29) is 5.97 Å². The van der Waals surface area contributed by atoms with Gasteiger partial charge in [0, 0.05) is 0 Å². The molecule has 1 unspecified atom stereocenters. The molecule has 0 N–H and O–H groups in total. The number of carbonyl (C=O) groups excluding carboxylic acids is 1. The number of hydrogen-bond acceptors (Lipinski definition) is 2. The highest BCUT2D eigenvalue weighted by Crippen LogP contribution is 2.26. The third-order valence-electron chi connectivity index (χ3n) is 2.80. The highest BCUT2D eigenvalue weighted by atomic mass is 16.5. The summed E-state index contributed by atoms with van der Waals surface area (Å²) in [6.07, 6.45) is 7.11. The van der Waals surface area contributed by atoms with Crippen molar-refractivity contribution >= 4 is 5.97 Å². The summed E-state index contributed by atoms with van der Waals surface area (Å²) in [5.74, 6) is 0.355. The van der Waals surface area contributed by atoms with Gasteiger partial charge in [-0.25, -0.2) is 4.79 Å². The number of ether oxygens (including phenoxy) is 1. The molecule has 0 aromatic carbocycles. The second kappa shape index (κ2) is 4.99. The van der Waals surface area contributed by atoms with Gasteiger partial charge in [0.25, 0.3) is 0 Å². The monoisotopic (exact) mass is 194 g/mol. The molecule has 2 heteroatoms. The van der Waals surface area contributed by atoms with E-state index in [0.29, 0.717) is 11.5 Å². The maximum atomic E-state index is 11.3. The van der Waals surface area contributed by atoms with E-state index in [9.17, 15) is 4.79 Å². The highest BCUT2D eigenvalue weighted by molar-refractivity contribution is 5.91. The Morgan fingerprint density at radius 3 is 2.93 bits per heavy atom. The lowest BCUT2D eigenvalue weighted by Crippen LogP contribution is -2.09. The van der Waals surface area contributed by atoms with Crippen LogP contribution in [0, 0.1) is 5.92 Å². The molecule has 0 saturated heterocycles. The van der Waals surface area contributed by atoms with Gasteiger partial charge in [-0.3, -0.25) is 0 Å². The molecule has 2 nitrogen and oxygen atoms in total. The van der Waals surface area contributed by atoms with Gasteiger partial charge in [0.2, 0.25) is 0 Å². The lowest BCUT2D eigenvalue weighted by atomic mass is 9.89. The van der Waals surface area contributed by atoms with Crippen molar-refractivity contribution in [1.82, 2.24) is 0 Å². The summed E-state index contributed by atoms with van der Waals surface area (Å²) in [7, 11) is 1.43. The zero-order valence-corrected chi connectivity index (χ0v) is 9.17. The Bertz CT molecular complexity index is 274. The van der Waals surface area contributed by atoms with Crippen LogP contribution >= 0.6 is 0 Å². The number of rotatable bonds is 3. The van der Waals surface area contributed by atoms with Gasteiger partial charge in [0.15, 0.2) is 0 Å². The van der Waals surface area contributed by atoms with Crippen LogP contribution in [0.15, 0.2) is 23.3 Å². The van der Waals surface area contributed by atoms with Crippen LogP contribution in [-0.2, 0) is 9.53 Å². The van der Waals surface area contributed by atoms with E-state index < -0.39 is 0 Å². The topological polar surface area (TPSA) is 26.3 Å². The number of carbonyl (C=O) groups is 1. The van der Waals surface area contributed by atoms with Crippen LogP contribution in [0.5, 0.6) is 0 Å². The van der Waals surface area contributed by atoms with E-state index in [1.165, 1.54) is 12.7 Å². The van der Waals surface area contributed by atoms with Crippen LogP contribution in [0.4, 0.5) is 0 Å². The molecule has 1 aliphatic rings. The Morgan fingerprint density at radius 1 is 1.64 bits per heavy atom. The molecule has 78 valence electrons. The summed E-state index contributed by atoms with van der Waals surface area (Å²) >= 11 is 0.